The topological polar surface area (TPSA) is 47.6 Å². The zero-order chi connectivity index (χ0) is 13.5. The molecule has 110 valence electrons. The quantitative estimate of drug-likeness (QED) is 0.705. The van der Waals surface area contributed by atoms with Crippen LogP contribution in [-0.2, 0) is 4.79 Å². The minimum Gasteiger partial charge on any atom is -0.355 e. The molecule has 5 nitrogen and oxygen atoms in total. The summed E-state index contributed by atoms with van der Waals surface area (Å²) in [5.41, 5.74) is 0. The van der Waals surface area contributed by atoms with Gasteiger partial charge in [0.1, 0.15) is 0 Å². The fraction of sp³-hybridized carbons (Fsp3) is 0.929. The van der Waals surface area contributed by atoms with Gasteiger partial charge in [-0.05, 0) is 32.9 Å². The van der Waals surface area contributed by atoms with Crippen LogP contribution in [0.1, 0.15) is 25.7 Å². The van der Waals surface area contributed by atoms with Crippen LogP contribution in [0.15, 0.2) is 0 Å². The van der Waals surface area contributed by atoms with Gasteiger partial charge in [0.15, 0.2) is 0 Å². The van der Waals surface area contributed by atoms with Gasteiger partial charge in [-0.2, -0.15) is 0 Å². The van der Waals surface area contributed by atoms with Crippen molar-refractivity contribution < 1.29 is 4.79 Å². The highest BCUT2D eigenvalue weighted by molar-refractivity contribution is 5.75. The lowest BCUT2D eigenvalue weighted by Crippen LogP contribution is -2.46. The molecule has 0 bridgehead atoms. The van der Waals surface area contributed by atoms with E-state index in [-0.39, 0.29) is 5.91 Å². The molecule has 2 rings (SSSR count). The molecular weight excluding hydrogens is 240 g/mol. The van der Waals surface area contributed by atoms with Crippen molar-refractivity contribution in [3.8, 4) is 0 Å². The Balaban J connectivity index is 1.49. The summed E-state index contributed by atoms with van der Waals surface area (Å²) in [5, 5.41) is 6.47. The van der Waals surface area contributed by atoms with E-state index in [0.29, 0.717) is 12.5 Å². The molecule has 0 radical (unpaired) electrons. The Morgan fingerprint density at radius 1 is 1.32 bits per heavy atom. The molecule has 0 aliphatic carbocycles. The smallest absolute Gasteiger partial charge is 0.220 e. The van der Waals surface area contributed by atoms with Gasteiger partial charge in [0.25, 0.3) is 0 Å². The van der Waals surface area contributed by atoms with Gasteiger partial charge in [0.2, 0.25) is 5.91 Å². The number of carbonyl (C=O) groups is 1. The van der Waals surface area contributed by atoms with E-state index in [9.17, 15) is 4.79 Å². The first-order chi connectivity index (χ1) is 9.24. The van der Waals surface area contributed by atoms with Crippen molar-refractivity contribution >= 4 is 5.91 Å². The lowest BCUT2D eigenvalue weighted by Gasteiger charge is -2.32. The second-order valence-corrected chi connectivity index (χ2v) is 5.83. The Bertz CT molecular complexity index is 271. The highest BCUT2D eigenvalue weighted by atomic mass is 16.1. The third kappa shape index (κ3) is 5.47. The number of amides is 1. The van der Waals surface area contributed by atoms with Crippen LogP contribution >= 0.6 is 0 Å². The molecule has 0 saturated carbocycles. The van der Waals surface area contributed by atoms with Gasteiger partial charge in [0, 0.05) is 51.7 Å². The van der Waals surface area contributed by atoms with Crippen LogP contribution in [0.25, 0.3) is 0 Å². The van der Waals surface area contributed by atoms with Crippen molar-refractivity contribution in [3.05, 3.63) is 0 Å². The van der Waals surface area contributed by atoms with Crippen molar-refractivity contribution in [1.29, 1.82) is 0 Å². The largest absolute Gasteiger partial charge is 0.355 e. The highest BCUT2D eigenvalue weighted by Crippen LogP contribution is 2.10. The van der Waals surface area contributed by atoms with E-state index in [0.717, 1.165) is 52.2 Å². The van der Waals surface area contributed by atoms with E-state index in [4.69, 9.17) is 0 Å². The Morgan fingerprint density at radius 3 is 2.79 bits per heavy atom. The second kappa shape index (κ2) is 7.82. The van der Waals surface area contributed by atoms with Crippen LogP contribution in [0.5, 0.6) is 0 Å². The van der Waals surface area contributed by atoms with Crippen LogP contribution in [0.2, 0.25) is 0 Å². The second-order valence-electron chi connectivity index (χ2n) is 5.83. The number of nitrogens with one attached hydrogen (secondary N) is 2. The molecule has 2 fully saturated rings. The SMILES string of the molecule is CN1CCN(CCNC(=O)CCC2CCCN2)CC1. The molecule has 19 heavy (non-hydrogen) atoms. The Hall–Kier alpha value is -0.650. The van der Waals surface area contributed by atoms with Gasteiger partial charge in [-0.15, -0.1) is 0 Å². The molecule has 0 spiro atoms. The number of carbonyl (C=O) groups excluding carboxylic acids is 1. The fourth-order valence-corrected chi connectivity index (χ4v) is 2.82. The van der Waals surface area contributed by atoms with Crippen LogP contribution in [0.4, 0.5) is 0 Å². The number of hydrogen-bond acceptors (Lipinski definition) is 4. The lowest BCUT2D eigenvalue weighted by atomic mass is 10.1. The molecule has 2 N–H and O–H groups in total. The Kier molecular flexibility index (Phi) is 6.07. The first-order valence-electron chi connectivity index (χ1n) is 7.65. The summed E-state index contributed by atoms with van der Waals surface area (Å²) >= 11 is 0. The van der Waals surface area contributed by atoms with Crippen molar-refractivity contribution in [3.63, 3.8) is 0 Å². The molecule has 2 heterocycles. The van der Waals surface area contributed by atoms with E-state index < -0.39 is 0 Å². The third-order valence-corrected chi connectivity index (χ3v) is 4.23. The summed E-state index contributed by atoms with van der Waals surface area (Å²) in [7, 11) is 2.16. The van der Waals surface area contributed by atoms with Crippen molar-refractivity contribution in [2.75, 3.05) is 52.9 Å². The normalized spacial score (nSPS) is 25.6. The maximum atomic E-state index is 11.7. The maximum Gasteiger partial charge on any atom is 0.220 e. The average molecular weight is 268 g/mol. The standard InChI is InChI=1S/C14H28N4O/c1-17-9-11-18(12-10-17)8-7-16-14(19)5-4-13-3-2-6-15-13/h13,15H,2-12H2,1H3,(H,16,19). The van der Waals surface area contributed by atoms with Crippen LogP contribution < -0.4 is 10.6 Å². The van der Waals surface area contributed by atoms with Gasteiger partial charge in [-0.25, -0.2) is 0 Å². The van der Waals surface area contributed by atoms with Crippen LogP contribution in [0, 0.1) is 0 Å². The number of nitrogens with zero attached hydrogens (tertiary/aromatic N) is 2. The summed E-state index contributed by atoms with van der Waals surface area (Å²) in [6.45, 7) is 7.43. The van der Waals surface area contributed by atoms with Crippen molar-refractivity contribution in [1.82, 2.24) is 20.4 Å². The molecule has 0 aromatic rings. The number of hydrogen-bond donors (Lipinski definition) is 2. The molecule has 5 heteroatoms. The summed E-state index contributed by atoms with van der Waals surface area (Å²) in [6, 6.07) is 0.573. The van der Waals surface area contributed by atoms with E-state index in [1.807, 2.05) is 0 Å². The summed E-state index contributed by atoms with van der Waals surface area (Å²) in [5.74, 6) is 0.211. The van der Waals surface area contributed by atoms with Crippen LogP contribution in [-0.4, -0.2) is 74.6 Å². The van der Waals surface area contributed by atoms with E-state index >= 15 is 0 Å². The maximum absolute atomic E-state index is 11.7. The van der Waals surface area contributed by atoms with E-state index in [2.05, 4.69) is 27.5 Å². The number of rotatable bonds is 6. The van der Waals surface area contributed by atoms with Crippen molar-refractivity contribution in [2.24, 2.45) is 0 Å². The predicted molar refractivity (Wildman–Crippen MR) is 77.2 cm³/mol. The molecule has 2 aliphatic heterocycles. The molecule has 1 amide bonds. The minimum atomic E-state index is 0.211. The van der Waals surface area contributed by atoms with Crippen molar-refractivity contribution in [2.45, 2.75) is 31.7 Å². The summed E-state index contributed by atoms with van der Waals surface area (Å²) < 4.78 is 0. The highest BCUT2D eigenvalue weighted by Gasteiger charge is 2.16. The fourth-order valence-electron chi connectivity index (χ4n) is 2.82. The molecule has 1 atom stereocenters. The summed E-state index contributed by atoms with van der Waals surface area (Å²) in [4.78, 5) is 16.5. The minimum absolute atomic E-state index is 0.211. The molecule has 0 aromatic heterocycles. The van der Waals surface area contributed by atoms with Gasteiger partial charge < -0.3 is 15.5 Å². The van der Waals surface area contributed by atoms with Gasteiger partial charge >= 0.3 is 0 Å². The molecule has 0 aromatic carbocycles. The molecular formula is C14H28N4O. The average Bonchev–Trinajstić information content (AvgIpc) is 2.92. The Labute approximate surface area is 116 Å². The first-order valence-corrected chi connectivity index (χ1v) is 7.65. The summed E-state index contributed by atoms with van der Waals surface area (Å²) in [6.07, 6.45) is 4.14. The Morgan fingerprint density at radius 2 is 2.11 bits per heavy atom. The lowest BCUT2D eigenvalue weighted by molar-refractivity contribution is -0.121. The van der Waals surface area contributed by atoms with E-state index in [1.54, 1.807) is 0 Å². The number of likely N-dealkylation sites (N-methyl/N-ethyl adjacent to an activating group) is 1. The zero-order valence-electron chi connectivity index (χ0n) is 12.2. The predicted octanol–water partition coefficient (Wildman–Crippen LogP) is -0.118. The van der Waals surface area contributed by atoms with E-state index in [1.165, 1.54) is 12.8 Å². The molecule has 2 aliphatic rings. The number of piperazine rings is 1. The third-order valence-electron chi connectivity index (χ3n) is 4.23. The van der Waals surface area contributed by atoms with Gasteiger partial charge in [-0.3, -0.25) is 9.69 Å². The van der Waals surface area contributed by atoms with Crippen LogP contribution in [0.3, 0.4) is 0 Å². The zero-order valence-corrected chi connectivity index (χ0v) is 12.2. The molecule has 1 unspecified atom stereocenters. The first kappa shape index (κ1) is 14.8. The monoisotopic (exact) mass is 268 g/mol. The molecule has 2 saturated heterocycles. The van der Waals surface area contributed by atoms with Gasteiger partial charge in [0.05, 0.1) is 0 Å². The van der Waals surface area contributed by atoms with Gasteiger partial charge in [-0.1, -0.05) is 0 Å².